The summed E-state index contributed by atoms with van der Waals surface area (Å²) in [4.78, 5) is 32.3. The highest BCUT2D eigenvalue weighted by Gasteiger charge is 2.33. The van der Waals surface area contributed by atoms with Gasteiger partial charge in [0.15, 0.2) is 4.80 Å². The average Bonchev–Trinajstić information content (AvgIpc) is 3.55. The molecule has 1 aromatic carbocycles. The highest BCUT2D eigenvalue weighted by molar-refractivity contribution is 7.10. The number of fused-ring (bicyclic) bond motifs is 1. The zero-order valence-corrected chi connectivity index (χ0v) is 20.7. The third kappa shape index (κ3) is 4.09. The predicted octanol–water partition coefficient (Wildman–Crippen LogP) is 4.77. The van der Waals surface area contributed by atoms with Crippen LogP contribution in [-0.2, 0) is 9.53 Å². The summed E-state index contributed by atoms with van der Waals surface area (Å²) >= 11 is 8.84. The molecule has 6 nitrogen and oxygen atoms in total. The van der Waals surface area contributed by atoms with Gasteiger partial charge in [-0.2, -0.15) is 0 Å². The zero-order valence-electron chi connectivity index (χ0n) is 18.3. The second-order valence-electron chi connectivity index (χ2n) is 7.53. The molecule has 0 bridgehead atoms. The minimum Gasteiger partial charge on any atom is -0.463 e. The van der Waals surface area contributed by atoms with Gasteiger partial charge in [-0.1, -0.05) is 41.1 Å². The summed E-state index contributed by atoms with van der Waals surface area (Å²) in [5.41, 5.74) is 1.54. The number of nitrogens with zero attached hydrogens (tertiary/aromatic N) is 2. The van der Waals surface area contributed by atoms with Gasteiger partial charge in [0.1, 0.15) is 17.6 Å². The Labute approximate surface area is 207 Å². The van der Waals surface area contributed by atoms with Crippen LogP contribution in [0.25, 0.3) is 17.4 Å². The lowest BCUT2D eigenvalue weighted by Gasteiger charge is -2.23. The maximum atomic E-state index is 13.5. The number of rotatable bonds is 5. The van der Waals surface area contributed by atoms with Crippen molar-refractivity contribution >= 4 is 46.3 Å². The number of ether oxygens (including phenoxy) is 1. The van der Waals surface area contributed by atoms with Gasteiger partial charge >= 0.3 is 5.97 Å². The van der Waals surface area contributed by atoms with E-state index in [1.807, 2.05) is 41.8 Å². The summed E-state index contributed by atoms with van der Waals surface area (Å²) in [5.74, 6) is 0.723. The maximum absolute atomic E-state index is 13.5. The van der Waals surface area contributed by atoms with E-state index in [1.165, 1.54) is 22.7 Å². The Bertz CT molecular complexity index is 1590. The number of thiazole rings is 1. The number of carbonyl (C=O) groups excluding carboxylic acids is 1. The largest absolute Gasteiger partial charge is 0.463 e. The van der Waals surface area contributed by atoms with E-state index in [0.717, 1.165) is 10.4 Å². The van der Waals surface area contributed by atoms with Crippen molar-refractivity contribution in [3.8, 4) is 11.3 Å². The average molecular weight is 511 g/mol. The molecule has 172 valence electrons. The minimum atomic E-state index is -0.587. The number of esters is 1. The smallest absolute Gasteiger partial charge is 0.338 e. The Balaban J connectivity index is 1.62. The first kappa shape index (κ1) is 22.6. The van der Waals surface area contributed by atoms with E-state index in [0.29, 0.717) is 37.1 Å². The summed E-state index contributed by atoms with van der Waals surface area (Å²) in [5, 5.41) is 2.54. The van der Waals surface area contributed by atoms with Crippen molar-refractivity contribution in [3.05, 3.63) is 101 Å². The molecule has 0 amide bonds. The van der Waals surface area contributed by atoms with E-state index >= 15 is 0 Å². The Morgan fingerprint density at radius 1 is 1.26 bits per heavy atom. The number of benzene rings is 1. The van der Waals surface area contributed by atoms with Gasteiger partial charge in [0.05, 0.1) is 22.4 Å². The van der Waals surface area contributed by atoms with E-state index in [4.69, 9.17) is 20.8 Å². The molecule has 0 aliphatic carbocycles. The number of carbonyl (C=O) groups is 1. The van der Waals surface area contributed by atoms with E-state index < -0.39 is 12.0 Å². The van der Waals surface area contributed by atoms with Crippen molar-refractivity contribution in [1.29, 1.82) is 0 Å². The van der Waals surface area contributed by atoms with Crippen LogP contribution in [0.2, 0.25) is 5.02 Å². The normalized spacial score (nSPS) is 15.9. The third-order valence-electron chi connectivity index (χ3n) is 5.34. The van der Waals surface area contributed by atoms with Crippen molar-refractivity contribution in [2.24, 2.45) is 4.99 Å². The van der Waals surface area contributed by atoms with Crippen LogP contribution in [0.5, 0.6) is 0 Å². The second kappa shape index (κ2) is 9.21. The van der Waals surface area contributed by atoms with Crippen LogP contribution in [0.15, 0.2) is 79.4 Å². The number of hydrogen-bond acceptors (Lipinski definition) is 7. The lowest BCUT2D eigenvalue weighted by Crippen LogP contribution is -2.39. The first-order valence-electron chi connectivity index (χ1n) is 10.5. The number of aromatic nitrogens is 1. The number of allylic oxidation sites excluding steroid dienone is 1. The molecule has 5 rings (SSSR count). The van der Waals surface area contributed by atoms with Crippen LogP contribution in [0.1, 0.15) is 30.5 Å². The summed E-state index contributed by atoms with van der Waals surface area (Å²) in [7, 11) is 0. The second-order valence-corrected chi connectivity index (χ2v) is 9.95. The van der Waals surface area contributed by atoms with Gasteiger partial charge in [-0.25, -0.2) is 9.79 Å². The van der Waals surface area contributed by atoms with Crippen LogP contribution < -0.4 is 14.9 Å². The fraction of sp³-hybridized carbons (Fsp3) is 0.160. The maximum Gasteiger partial charge on any atom is 0.338 e. The van der Waals surface area contributed by atoms with Crippen LogP contribution in [0.4, 0.5) is 0 Å². The molecule has 4 heterocycles. The van der Waals surface area contributed by atoms with E-state index in [2.05, 4.69) is 4.99 Å². The SMILES string of the molecule is CCOC(=O)C1=C(C)N=c2sc(=Cc3ccc(-c4cccc(Cl)c4)o3)c(=O)n2[C@@H]1c1cccs1. The quantitative estimate of drug-likeness (QED) is 0.362. The lowest BCUT2D eigenvalue weighted by molar-refractivity contribution is -0.139. The molecule has 0 N–H and O–H groups in total. The molecule has 3 aromatic heterocycles. The molecule has 1 aliphatic rings. The number of halogens is 1. The number of hydrogen-bond donors (Lipinski definition) is 0. The lowest BCUT2D eigenvalue weighted by atomic mass is 10.0. The van der Waals surface area contributed by atoms with Crippen molar-refractivity contribution < 1.29 is 13.9 Å². The highest BCUT2D eigenvalue weighted by atomic mass is 35.5. The molecule has 0 fully saturated rings. The molecule has 0 saturated heterocycles. The topological polar surface area (TPSA) is 73.8 Å². The summed E-state index contributed by atoms with van der Waals surface area (Å²) in [6, 6.07) is 14.2. The molecule has 0 spiro atoms. The van der Waals surface area contributed by atoms with E-state index in [9.17, 15) is 9.59 Å². The Kier molecular flexibility index (Phi) is 6.12. The molecule has 1 atom stereocenters. The molecular formula is C25H19ClN2O4S2. The van der Waals surface area contributed by atoms with Gasteiger partial charge in [-0.3, -0.25) is 9.36 Å². The van der Waals surface area contributed by atoms with E-state index in [1.54, 1.807) is 36.6 Å². The van der Waals surface area contributed by atoms with Gasteiger partial charge in [-0.05, 0) is 49.6 Å². The number of furan rings is 1. The van der Waals surface area contributed by atoms with Crippen LogP contribution in [-0.4, -0.2) is 17.1 Å². The highest BCUT2D eigenvalue weighted by Crippen LogP contribution is 2.33. The van der Waals surface area contributed by atoms with Crippen LogP contribution in [0, 0.1) is 0 Å². The van der Waals surface area contributed by atoms with Crippen molar-refractivity contribution in [3.63, 3.8) is 0 Å². The Hall–Kier alpha value is -3.20. The standard InChI is InChI=1S/C25H19ClN2O4S2/c1-3-31-24(30)21-14(2)27-25-28(22(21)19-8-5-11-33-19)23(29)20(34-25)13-17-9-10-18(32-17)15-6-4-7-16(26)12-15/h4-13,22H,3H2,1-2H3/t22-/m1/s1. The van der Waals surface area contributed by atoms with Gasteiger partial charge in [0, 0.05) is 21.5 Å². The third-order valence-corrected chi connectivity index (χ3v) is 7.48. The summed E-state index contributed by atoms with van der Waals surface area (Å²) in [6.07, 6.45) is 1.70. The predicted molar refractivity (Wildman–Crippen MR) is 134 cm³/mol. The van der Waals surface area contributed by atoms with Crippen molar-refractivity contribution in [1.82, 2.24) is 4.57 Å². The molecule has 0 unspecified atom stereocenters. The van der Waals surface area contributed by atoms with Crippen LogP contribution >= 0.6 is 34.3 Å². The van der Waals surface area contributed by atoms with Crippen molar-refractivity contribution in [2.45, 2.75) is 19.9 Å². The minimum absolute atomic E-state index is 0.239. The Morgan fingerprint density at radius 3 is 2.85 bits per heavy atom. The summed E-state index contributed by atoms with van der Waals surface area (Å²) in [6.45, 7) is 3.77. The molecular weight excluding hydrogens is 492 g/mol. The molecule has 0 radical (unpaired) electrons. The first-order chi connectivity index (χ1) is 16.5. The van der Waals surface area contributed by atoms with Gasteiger partial charge in [0.25, 0.3) is 5.56 Å². The van der Waals surface area contributed by atoms with Gasteiger partial charge < -0.3 is 9.15 Å². The fourth-order valence-corrected chi connectivity index (χ4v) is 5.90. The monoisotopic (exact) mass is 510 g/mol. The van der Waals surface area contributed by atoms with Gasteiger partial charge in [0.2, 0.25) is 0 Å². The van der Waals surface area contributed by atoms with Crippen molar-refractivity contribution in [2.75, 3.05) is 6.61 Å². The molecule has 34 heavy (non-hydrogen) atoms. The zero-order chi connectivity index (χ0) is 23.8. The molecule has 1 aliphatic heterocycles. The first-order valence-corrected chi connectivity index (χ1v) is 12.6. The summed E-state index contributed by atoms with van der Waals surface area (Å²) < 4.78 is 13.3. The molecule has 4 aromatic rings. The number of thiophene rings is 1. The van der Waals surface area contributed by atoms with Gasteiger partial charge in [-0.15, -0.1) is 11.3 Å². The molecule has 0 saturated carbocycles. The van der Waals surface area contributed by atoms with Crippen LogP contribution in [0.3, 0.4) is 0 Å². The Morgan fingerprint density at radius 2 is 2.12 bits per heavy atom. The van der Waals surface area contributed by atoms with E-state index in [-0.39, 0.29) is 12.2 Å². The fourth-order valence-electron chi connectivity index (χ4n) is 3.86. The molecule has 9 heteroatoms.